The van der Waals surface area contributed by atoms with Crippen molar-refractivity contribution in [2.24, 2.45) is 17.8 Å². The maximum atomic E-state index is 16.8. The average Bonchev–Trinajstić information content (AvgIpc) is 3.65. The minimum atomic E-state index is -0.944. The molecule has 0 unspecified atom stereocenters. The summed E-state index contributed by atoms with van der Waals surface area (Å²) in [7, 11) is 0. The van der Waals surface area contributed by atoms with E-state index in [1.807, 2.05) is 4.90 Å². The number of fused-ring (bicyclic) bond motifs is 4. The van der Waals surface area contributed by atoms with Gasteiger partial charge in [0.15, 0.2) is 5.82 Å². The number of alkyl halides is 1. The minimum absolute atomic E-state index is 0.0455. The molecular formula is C34H34F3N5O4. The summed E-state index contributed by atoms with van der Waals surface area (Å²) in [5, 5.41) is 21.5. The van der Waals surface area contributed by atoms with Crippen molar-refractivity contribution in [3.8, 4) is 23.0 Å². The number of ether oxygens (including phenoxy) is 1. The maximum Gasteiger partial charge on any atom is 0.319 e. The van der Waals surface area contributed by atoms with Crippen molar-refractivity contribution in [2.45, 2.75) is 50.7 Å². The summed E-state index contributed by atoms with van der Waals surface area (Å²) < 4.78 is 52.4. The van der Waals surface area contributed by atoms with E-state index in [9.17, 15) is 23.8 Å². The van der Waals surface area contributed by atoms with Gasteiger partial charge in [-0.1, -0.05) is 13.0 Å². The van der Waals surface area contributed by atoms with Crippen molar-refractivity contribution in [1.29, 1.82) is 0 Å². The summed E-state index contributed by atoms with van der Waals surface area (Å²) in [6.45, 7) is 4.10. The molecule has 12 heteroatoms. The highest BCUT2D eigenvalue weighted by Crippen LogP contribution is 2.48. The fourth-order valence-electron chi connectivity index (χ4n) is 8.56. The first-order valence-electron chi connectivity index (χ1n) is 16.0. The molecule has 5 atom stereocenters. The molecule has 2 aromatic heterocycles. The number of aromatic nitrogens is 3. The molecule has 2 N–H and O–H groups in total. The lowest BCUT2D eigenvalue weighted by Gasteiger charge is -2.35. The summed E-state index contributed by atoms with van der Waals surface area (Å²) in [5.41, 5.74) is -0.0151. The lowest BCUT2D eigenvalue weighted by Crippen LogP contribution is -2.43. The lowest BCUT2D eigenvalue weighted by atomic mass is 9.67. The molecule has 3 saturated heterocycles. The highest BCUT2D eigenvalue weighted by Gasteiger charge is 2.51. The summed E-state index contributed by atoms with van der Waals surface area (Å²) >= 11 is 0. The second-order valence-electron chi connectivity index (χ2n) is 13.4. The second kappa shape index (κ2) is 10.7. The molecule has 4 fully saturated rings. The number of aliphatic carboxylic acids is 1. The summed E-state index contributed by atoms with van der Waals surface area (Å²) in [4.78, 5) is 29.6. The molecule has 8 rings (SSSR count). The molecule has 1 saturated carbocycles. The van der Waals surface area contributed by atoms with Gasteiger partial charge in [0.1, 0.15) is 41.4 Å². The Kier molecular flexibility index (Phi) is 6.79. The molecule has 240 valence electrons. The number of carboxylic acid groups (broad SMARTS) is 1. The van der Waals surface area contributed by atoms with Gasteiger partial charge in [0.2, 0.25) is 0 Å². The predicted molar refractivity (Wildman–Crippen MR) is 165 cm³/mol. The third-order valence-corrected chi connectivity index (χ3v) is 10.8. The molecule has 3 aliphatic heterocycles. The first kappa shape index (κ1) is 29.2. The highest BCUT2D eigenvalue weighted by molar-refractivity contribution is 6.01. The van der Waals surface area contributed by atoms with Crippen LogP contribution in [-0.4, -0.2) is 80.5 Å². The Bertz CT molecular complexity index is 1910. The molecule has 0 spiro atoms. The van der Waals surface area contributed by atoms with Crippen LogP contribution in [0, 0.1) is 29.4 Å². The molecule has 9 nitrogen and oxygen atoms in total. The third kappa shape index (κ3) is 4.47. The van der Waals surface area contributed by atoms with Crippen LogP contribution in [0.3, 0.4) is 0 Å². The van der Waals surface area contributed by atoms with Crippen LogP contribution in [0.4, 0.5) is 19.0 Å². The van der Waals surface area contributed by atoms with Gasteiger partial charge in [-0.3, -0.25) is 14.7 Å². The Morgan fingerprint density at radius 3 is 2.83 bits per heavy atom. The largest absolute Gasteiger partial charge is 0.508 e. The van der Waals surface area contributed by atoms with Crippen LogP contribution in [0.2, 0.25) is 0 Å². The number of halogens is 3. The van der Waals surface area contributed by atoms with E-state index in [2.05, 4.69) is 14.9 Å². The van der Waals surface area contributed by atoms with Gasteiger partial charge in [0, 0.05) is 37.8 Å². The standard InChI is InChI=1S/C34H34F3N5O4/c1-2-21-26(36)5-4-17-8-20(43)10-23(27(17)21)29-28(37)30-24(12-38-29)31(41-13-18-9-22(32(44)45)25(18)15-41)40-33(39-30)46-16-34-6-3-7-42(34)14-19(35)11-34/h4-5,8,10,12,18-19,22,25,43H,2-3,6-7,9,11,13-16H2,1H3,(H,44,45)/t18-,19-,22-,25+,34+/m1/s1. The number of hydrogen-bond acceptors (Lipinski definition) is 8. The first-order chi connectivity index (χ1) is 22.2. The van der Waals surface area contributed by atoms with Crippen molar-refractivity contribution in [1.82, 2.24) is 19.9 Å². The van der Waals surface area contributed by atoms with E-state index < -0.39 is 35.2 Å². The molecule has 4 aromatic rings. The number of carboxylic acids is 1. The normalized spacial score (nSPS) is 27.3. The number of aromatic hydroxyl groups is 1. The number of phenolic OH excluding ortho intramolecular Hbond substituents is 1. The van der Waals surface area contributed by atoms with Crippen LogP contribution in [0.25, 0.3) is 32.9 Å². The summed E-state index contributed by atoms with van der Waals surface area (Å²) in [5.74, 6) is -2.05. The Labute approximate surface area is 263 Å². The van der Waals surface area contributed by atoms with Gasteiger partial charge in [-0.05, 0) is 78.6 Å². The van der Waals surface area contributed by atoms with E-state index in [0.29, 0.717) is 66.4 Å². The minimum Gasteiger partial charge on any atom is -0.508 e. The van der Waals surface area contributed by atoms with Crippen LogP contribution in [0.5, 0.6) is 11.8 Å². The van der Waals surface area contributed by atoms with Crippen LogP contribution in [0.15, 0.2) is 30.5 Å². The van der Waals surface area contributed by atoms with Gasteiger partial charge >= 0.3 is 12.0 Å². The smallest absolute Gasteiger partial charge is 0.319 e. The molecule has 46 heavy (non-hydrogen) atoms. The third-order valence-electron chi connectivity index (χ3n) is 10.8. The zero-order valence-electron chi connectivity index (χ0n) is 25.3. The van der Waals surface area contributed by atoms with Gasteiger partial charge in [0.05, 0.1) is 16.8 Å². The molecule has 0 radical (unpaired) electrons. The van der Waals surface area contributed by atoms with Gasteiger partial charge in [-0.2, -0.15) is 9.97 Å². The fourth-order valence-corrected chi connectivity index (χ4v) is 8.56. The van der Waals surface area contributed by atoms with Gasteiger partial charge < -0.3 is 19.8 Å². The number of rotatable bonds is 7. The Morgan fingerprint density at radius 2 is 2.02 bits per heavy atom. The fraction of sp³-hybridized carbons (Fsp3) is 0.471. The zero-order valence-corrected chi connectivity index (χ0v) is 25.3. The molecule has 2 aromatic carbocycles. The SMILES string of the molecule is CCc1c(F)ccc2cc(O)cc(-c3ncc4c(N5C[C@H]6C[C@@H](C(=O)O)[C@H]6C5)nc(OC[C@@]56CCCN5C[C@H](F)C6)nc4c3F)c12. The number of nitrogens with zero attached hydrogens (tertiary/aromatic N) is 5. The number of pyridine rings is 1. The first-order valence-corrected chi connectivity index (χ1v) is 16.0. The highest BCUT2D eigenvalue weighted by atomic mass is 19.1. The number of carbonyl (C=O) groups is 1. The van der Waals surface area contributed by atoms with Crippen LogP contribution in [0.1, 0.15) is 38.2 Å². The number of benzene rings is 2. The van der Waals surface area contributed by atoms with E-state index in [4.69, 9.17) is 9.72 Å². The zero-order chi connectivity index (χ0) is 31.9. The molecule has 0 amide bonds. The Hall–Kier alpha value is -4.19. The number of aryl methyl sites for hydroxylation is 1. The molecule has 1 aliphatic carbocycles. The van der Waals surface area contributed by atoms with E-state index in [-0.39, 0.29) is 47.0 Å². The second-order valence-corrected chi connectivity index (χ2v) is 13.4. The van der Waals surface area contributed by atoms with E-state index in [1.165, 1.54) is 24.4 Å². The quantitative estimate of drug-likeness (QED) is 0.272. The van der Waals surface area contributed by atoms with E-state index >= 15 is 4.39 Å². The van der Waals surface area contributed by atoms with Gasteiger partial charge in [-0.25, -0.2) is 13.2 Å². The van der Waals surface area contributed by atoms with E-state index in [1.54, 1.807) is 13.0 Å². The van der Waals surface area contributed by atoms with Crippen LogP contribution >= 0.6 is 0 Å². The molecule has 5 heterocycles. The number of anilines is 1. The maximum absolute atomic E-state index is 16.8. The summed E-state index contributed by atoms with van der Waals surface area (Å²) in [6, 6.07) is 5.70. The van der Waals surface area contributed by atoms with Crippen molar-refractivity contribution in [3.63, 3.8) is 0 Å². The van der Waals surface area contributed by atoms with Gasteiger partial charge in [0.25, 0.3) is 0 Å². The number of phenols is 1. The average molecular weight is 634 g/mol. The van der Waals surface area contributed by atoms with Gasteiger partial charge in [-0.15, -0.1) is 0 Å². The summed E-state index contributed by atoms with van der Waals surface area (Å²) in [6.07, 6.45) is 3.51. The Morgan fingerprint density at radius 1 is 1.17 bits per heavy atom. The lowest BCUT2D eigenvalue weighted by molar-refractivity contribution is -0.149. The monoisotopic (exact) mass is 633 g/mol. The molecule has 0 bridgehead atoms. The van der Waals surface area contributed by atoms with Crippen molar-refractivity contribution < 1.29 is 32.9 Å². The van der Waals surface area contributed by atoms with Crippen molar-refractivity contribution >= 4 is 33.5 Å². The topological polar surface area (TPSA) is 112 Å². The molecule has 4 aliphatic rings. The predicted octanol–water partition coefficient (Wildman–Crippen LogP) is 5.50. The van der Waals surface area contributed by atoms with Crippen LogP contribution in [-0.2, 0) is 11.2 Å². The number of hydrogen-bond donors (Lipinski definition) is 2. The molecular weight excluding hydrogens is 599 g/mol. The van der Waals surface area contributed by atoms with Crippen molar-refractivity contribution in [2.75, 3.05) is 37.7 Å². The van der Waals surface area contributed by atoms with E-state index in [0.717, 1.165) is 19.4 Å². The Balaban J connectivity index is 1.25. The van der Waals surface area contributed by atoms with Crippen molar-refractivity contribution in [3.05, 3.63) is 47.7 Å². The van der Waals surface area contributed by atoms with Crippen LogP contribution < -0.4 is 9.64 Å².